The first-order valence-corrected chi connectivity index (χ1v) is 8.57. The molecule has 0 heterocycles. The summed E-state index contributed by atoms with van der Waals surface area (Å²) in [5.74, 6) is -0.613. The molecule has 0 bridgehead atoms. The number of hydrogen-bond donors (Lipinski definition) is 0. The Bertz CT molecular complexity index is 522. The summed E-state index contributed by atoms with van der Waals surface area (Å²) in [6, 6.07) is 5.63. The van der Waals surface area contributed by atoms with Crippen molar-refractivity contribution in [3.8, 4) is 0 Å². The van der Waals surface area contributed by atoms with Gasteiger partial charge in [0.1, 0.15) is 6.54 Å². The van der Waals surface area contributed by atoms with Crippen LogP contribution in [0.1, 0.15) is 20.3 Å². The van der Waals surface area contributed by atoms with E-state index >= 15 is 0 Å². The van der Waals surface area contributed by atoms with Crippen molar-refractivity contribution in [3.05, 3.63) is 27.1 Å². The minimum atomic E-state index is -0.328. The van der Waals surface area contributed by atoms with Gasteiger partial charge in [-0.3, -0.25) is 9.59 Å². The molecule has 0 unspecified atom stereocenters. The van der Waals surface area contributed by atoms with Gasteiger partial charge in [-0.2, -0.15) is 0 Å². The van der Waals surface area contributed by atoms with Crippen molar-refractivity contribution in [2.45, 2.75) is 20.3 Å². The molecule has 0 saturated heterocycles. The molecule has 1 aromatic rings. The quantitative estimate of drug-likeness (QED) is 0.583. The maximum absolute atomic E-state index is 11.7. The molecule has 0 fully saturated rings. The van der Waals surface area contributed by atoms with Gasteiger partial charge in [0, 0.05) is 21.2 Å². The molecule has 0 amide bonds. The maximum atomic E-state index is 11.7. The Hall–Kier alpha value is -1.08. The van der Waals surface area contributed by atoms with Crippen LogP contribution in [-0.2, 0) is 19.1 Å². The number of halogens is 2. The van der Waals surface area contributed by atoms with E-state index in [4.69, 9.17) is 9.47 Å². The first-order valence-electron chi connectivity index (χ1n) is 6.99. The molecule has 0 aromatic heterocycles. The Balaban J connectivity index is 2.82. The molecule has 7 heteroatoms. The van der Waals surface area contributed by atoms with Gasteiger partial charge in [-0.15, -0.1) is 0 Å². The second-order valence-corrected chi connectivity index (χ2v) is 6.09. The van der Waals surface area contributed by atoms with Gasteiger partial charge in [0.05, 0.1) is 19.6 Å². The summed E-state index contributed by atoms with van der Waals surface area (Å²) in [6.45, 7) is 4.67. The highest BCUT2D eigenvalue weighted by Crippen LogP contribution is 2.28. The number of rotatable bonds is 8. The van der Waals surface area contributed by atoms with Gasteiger partial charge in [0.15, 0.2) is 0 Å². The molecule has 0 atom stereocenters. The van der Waals surface area contributed by atoms with Gasteiger partial charge in [-0.05, 0) is 63.9 Å². The smallest absolute Gasteiger partial charge is 0.325 e. The van der Waals surface area contributed by atoms with Crippen molar-refractivity contribution >= 4 is 49.5 Å². The van der Waals surface area contributed by atoms with Gasteiger partial charge in [0.25, 0.3) is 0 Å². The summed E-state index contributed by atoms with van der Waals surface area (Å²) in [6.07, 6.45) is 0.209. The third-order valence-electron chi connectivity index (χ3n) is 2.78. The van der Waals surface area contributed by atoms with Gasteiger partial charge < -0.3 is 14.4 Å². The zero-order valence-corrected chi connectivity index (χ0v) is 15.8. The lowest BCUT2D eigenvalue weighted by molar-refractivity contribution is -0.144. The van der Waals surface area contributed by atoms with Crippen molar-refractivity contribution < 1.29 is 19.1 Å². The number of anilines is 1. The Morgan fingerprint density at radius 3 is 2.27 bits per heavy atom. The summed E-state index contributed by atoms with van der Waals surface area (Å²) in [5, 5.41) is 0. The third kappa shape index (κ3) is 6.36. The lowest BCUT2D eigenvalue weighted by atomic mass is 10.2. The van der Waals surface area contributed by atoms with Crippen LogP contribution in [0.3, 0.4) is 0 Å². The van der Waals surface area contributed by atoms with Gasteiger partial charge in [-0.25, -0.2) is 0 Å². The Labute approximate surface area is 147 Å². The summed E-state index contributed by atoms with van der Waals surface area (Å²) >= 11 is 6.84. The van der Waals surface area contributed by atoms with Crippen LogP contribution >= 0.6 is 31.9 Å². The first kappa shape index (κ1) is 19.0. The first-order chi connectivity index (χ1) is 10.5. The van der Waals surface area contributed by atoms with Crippen molar-refractivity contribution in [2.24, 2.45) is 0 Å². The fourth-order valence-corrected chi connectivity index (χ4v) is 2.42. The minimum Gasteiger partial charge on any atom is -0.466 e. The standard InChI is InChI=1S/C15H19Br2NO4/c1-3-21-14(19)7-8-18(10-15(20)22-4-2)11-5-6-12(16)13(17)9-11/h5-6,9H,3-4,7-8,10H2,1-2H3. The maximum Gasteiger partial charge on any atom is 0.325 e. The lowest BCUT2D eigenvalue weighted by Crippen LogP contribution is -2.33. The van der Waals surface area contributed by atoms with Crippen LogP contribution in [0.5, 0.6) is 0 Å². The van der Waals surface area contributed by atoms with E-state index in [-0.39, 0.29) is 24.9 Å². The monoisotopic (exact) mass is 435 g/mol. The number of carbonyl (C=O) groups excluding carboxylic acids is 2. The van der Waals surface area contributed by atoms with E-state index in [0.29, 0.717) is 19.8 Å². The largest absolute Gasteiger partial charge is 0.466 e. The molecule has 1 aromatic carbocycles. The zero-order chi connectivity index (χ0) is 16.5. The molecule has 0 radical (unpaired) electrons. The fraction of sp³-hybridized carbons (Fsp3) is 0.467. The molecule has 1 rings (SSSR count). The molecule has 0 aliphatic heterocycles. The molecule has 0 aliphatic rings. The number of hydrogen-bond acceptors (Lipinski definition) is 5. The van der Waals surface area contributed by atoms with E-state index in [2.05, 4.69) is 31.9 Å². The van der Waals surface area contributed by atoms with E-state index in [9.17, 15) is 9.59 Å². The van der Waals surface area contributed by atoms with E-state index in [1.165, 1.54) is 0 Å². The summed E-state index contributed by atoms with van der Waals surface area (Å²) in [4.78, 5) is 25.1. The predicted molar refractivity (Wildman–Crippen MR) is 91.9 cm³/mol. The van der Waals surface area contributed by atoms with Gasteiger partial charge >= 0.3 is 11.9 Å². The zero-order valence-electron chi connectivity index (χ0n) is 12.6. The number of ether oxygens (including phenoxy) is 2. The highest BCUT2D eigenvalue weighted by molar-refractivity contribution is 9.13. The van der Waals surface area contributed by atoms with Gasteiger partial charge in [0.2, 0.25) is 0 Å². The van der Waals surface area contributed by atoms with Crippen molar-refractivity contribution in [1.29, 1.82) is 0 Å². The molecule has 22 heavy (non-hydrogen) atoms. The summed E-state index contributed by atoms with van der Waals surface area (Å²) in [5.41, 5.74) is 0.826. The van der Waals surface area contributed by atoms with Crippen molar-refractivity contribution in [3.63, 3.8) is 0 Å². The Morgan fingerprint density at radius 1 is 1.05 bits per heavy atom. The lowest BCUT2D eigenvalue weighted by Gasteiger charge is -2.24. The predicted octanol–water partition coefficient (Wildman–Crippen LogP) is 3.53. The van der Waals surface area contributed by atoms with Crippen LogP contribution in [0.2, 0.25) is 0 Å². The number of nitrogens with zero attached hydrogens (tertiary/aromatic N) is 1. The van der Waals surface area contributed by atoms with E-state index < -0.39 is 0 Å². The molecular formula is C15H19Br2NO4. The van der Waals surface area contributed by atoms with E-state index in [0.717, 1.165) is 14.6 Å². The molecule has 0 aliphatic carbocycles. The molecule has 0 spiro atoms. The minimum absolute atomic E-state index is 0.0846. The number of benzene rings is 1. The van der Waals surface area contributed by atoms with E-state index in [1.807, 2.05) is 18.2 Å². The van der Waals surface area contributed by atoms with Gasteiger partial charge in [-0.1, -0.05) is 0 Å². The molecular weight excluding hydrogens is 418 g/mol. The van der Waals surface area contributed by atoms with Crippen LogP contribution in [0, 0.1) is 0 Å². The van der Waals surface area contributed by atoms with Crippen LogP contribution in [0.15, 0.2) is 27.1 Å². The normalized spacial score (nSPS) is 10.2. The second kappa shape index (κ2) is 9.84. The SMILES string of the molecule is CCOC(=O)CCN(CC(=O)OCC)c1ccc(Br)c(Br)c1. The van der Waals surface area contributed by atoms with Crippen LogP contribution in [0.4, 0.5) is 5.69 Å². The topological polar surface area (TPSA) is 55.8 Å². The molecule has 5 nitrogen and oxygen atoms in total. The Morgan fingerprint density at radius 2 is 1.68 bits per heavy atom. The number of esters is 2. The highest BCUT2D eigenvalue weighted by atomic mass is 79.9. The summed E-state index contributed by atoms with van der Waals surface area (Å²) < 4.78 is 11.7. The fourth-order valence-electron chi connectivity index (χ4n) is 1.80. The highest BCUT2D eigenvalue weighted by Gasteiger charge is 2.15. The molecule has 0 N–H and O–H groups in total. The third-order valence-corrected chi connectivity index (χ3v) is 4.66. The number of carbonyl (C=O) groups is 2. The molecule has 122 valence electrons. The molecule has 0 saturated carbocycles. The van der Waals surface area contributed by atoms with E-state index in [1.54, 1.807) is 18.7 Å². The van der Waals surface area contributed by atoms with Crippen LogP contribution < -0.4 is 4.90 Å². The van der Waals surface area contributed by atoms with Crippen molar-refractivity contribution in [1.82, 2.24) is 0 Å². The van der Waals surface area contributed by atoms with Crippen LogP contribution in [0.25, 0.3) is 0 Å². The Kier molecular flexibility index (Phi) is 8.48. The average molecular weight is 437 g/mol. The second-order valence-electron chi connectivity index (χ2n) is 4.38. The van der Waals surface area contributed by atoms with Crippen LogP contribution in [-0.4, -0.2) is 38.2 Å². The van der Waals surface area contributed by atoms with Crippen molar-refractivity contribution in [2.75, 3.05) is 31.2 Å². The average Bonchev–Trinajstić information content (AvgIpc) is 2.47. The summed E-state index contributed by atoms with van der Waals surface area (Å²) in [7, 11) is 0.